The predicted octanol–water partition coefficient (Wildman–Crippen LogP) is 0.713. The average Bonchev–Trinajstić information content (AvgIpc) is 3.23. The van der Waals surface area contributed by atoms with Crippen LogP contribution in [-0.4, -0.2) is 62.3 Å². The maximum absolute atomic E-state index is 12.4. The standard InChI is InChI=1S/C18H18ClNO8/c1-4-26-15(21)8-5-7-6-9(19)10(8)14-18(7)11(13(27-14)17(23)25-3)12(20-28-18)16(22)24-2/h5-7,10-11,13-14H,4H2,1-3H3/t7-,10+,11+,13+,14-,18+/m1/s1. The van der Waals surface area contributed by atoms with E-state index in [9.17, 15) is 14.4 Å². The number of nitrogens with zero attached hydrogens (tertiary/aromatic N) is 1. The van der Waals surface area contributed by atoms with Crippen molar-refractivity contribution in [3.05, 3.63) is 22.8 Å². The van der Waals surface area contributed by atoms with Gasteiger partial charge in [0.2, 0.25) is 0 Å². The molecule has 9 nitrogen and oxygen atoms in total. The Morgan fingerprint density at radius 3 is 2.61 bits per heavy atom. The SMILES string of the molecule is CCOC(=O)C1=C[C@@H]2C=C(Cl)[C@H]1[C@H]1O[C@H](C(=O)OC)[C@@H]3C(C(=O)OC)=NO[C@]213. The van der Waals surface area contributed by atoms with Crippen LogP contribution in [-0.2, 0) is 38.2 Å². The topological polar surface area (TPSA) is 110 Å². The summed E-state index contributed by atoms with van der Waals surface area (Å²) in [4.78, 5) is 42.8. The third-order valence-electron chi connectivity index (χ3n) is 5.62. The number of hydrogen-bond acceptors (Lipinski definition) is 9. The first-order valence-corrected chi connectivity index (χ1v) is 9.12. The lowest BCUT2D eigenvalue weighted by Crippen LogP contribution is -2.59. The first-order chi connectivity index (χ1) is 13.4. The molecule has 5 aliphatic rings. The molecule has 2 bridgehead atoms. The van der Waals surface area contributed by atoms with Crippen molar-refractivity contribution in [2.24, 2.45) is 22.9 Å². The summed E-state index contributed by atoms with van der Waals surface area (Å²) in [6.07, 6.45) is 1.40. The smallest absolute Gasteiger partial charge is 0.356 e. The number of rotatable bonds is 4. The van der Waals surface area contributed by atoms with Crippen molar-refractivity contribution in [2.75, 3.05) is 20.8 Å². The van der Waals surface area contributed by atoms with Crippen molar-refractivity contribution in [1.82, 2.24) is 0 Å². The molecule has 0 aromatic carbocycles. The largest absolute Gasteiger partial charge is 0.467 e. The van der Waals surface area contributed by atoms with Crippen molar-refractivity contribution >= 4 is 35.2 Å². The monoisotopic (exact) mass is 411 g/mol. The van der Waals surface area contributed by atoms with Gasteiger partial charge in [-0.1, -0.05) is 28.9 Å². The highest BCUT2D eigenvalue weighted by Crippen LogP contribution is 2.60. The van der Waals surface area contributed by atoms with Gasteiger partial charge in [0.05, 0.1) is 32.7 Å². The molecule has 0 saturated carbocycles. The number of halogens is 1. The molecule has 1 fully saturated rings. The van der Waals surface area contributed by atoms with Gasteiger partial charge in [0.25, 0.3) is 0 Å². The van der Waals surface area contributed by atoms with Crippen LogP contribution in [0.4, 0.5) is 0 Å². The van der Waals surface area contributed by atoms with Gasteiger partial charge in [-0.2, -0.15) is 0 Å². The van der Waals surface area contributed by atoms with E-state index in [1.54, 1.807) is 19.1 Å². The maximum atomic E-state index is 12.4. The van der Waals surface area contributed by atoms with E-state index < -0.39 is 53.5 Å². The maximum Gasteiger partial charge on any atom is 0.356 e. The lowest BCUT2D eigenvalue weighted by molar-refractivity contribution is -0.158. The molecule has 10 heteroatoms. The van der Waals surface area contributed by atoms with Crippen LogP contribution in [0.25, 0.3) is 0 Å². The number of carbonyl (C=O) groups is 3. The minimum atomic E-state index is -1.21. The molecule has 2 heterocycles. The average molecular weight is 412 g/mol. The molecule has 2 aliphatic heterocycles. The summed E-state index contributed by atoms with van der Waals surface area (Å²) in [6.45, 7) is 1.90. The van der Waals surface area contributed by atoms with Gasteiger partial charge in [0.1, 0.15) is 6.10 Å². The van der Waals surface area contributed by atoms with E-state index in [4.69, 9.17) is 35.4 Å². The molecule has 0 radical (unpaired) electrons. The summed E-state index contributed by atoms with van der Waals surface area (Å²) < 4.78 is 20.8. The first kappa shape index (κ1) is 18.9. The molecule has 0 aromatic rings. The number of methoxy groups -OCH3 is 2. The third-order valence-corrected chi connectivity index (χ3v) is 5.98. The van der Waals surface area contributed by atoms with E-state index in [1.807, 2.05) is 0 Å². The molecule has 150 valence electrons. The molecule has 1 saturated heterocycles. The quantitative estimate of drug-likeness (QED) is 0.491. The Balaban J connectivity index is 1.82. The van der Waals surface area contributed by atoms with Gasteiger partial charge in [-0.25, -0.2) is 14.4 Å². The van der Waals surface area contributed by atoms with Crippen LogP contribution in [0, 0.1) is 17.8 Å². The molecule has 0 N–H and O–H groups in total. The van der Waals surface area contributed by atoms with Crippen molar-refractivity contribution in [3.63, 3.8) is 0 Å². The Morgan fingerprint density at radius 1 is 1.21 bits per heavy atom. The second kappa shape index (κ2) is 6.59. The molecule has 0 amide bonds. The highest BCUT2D eigenvalue weighted by Gasteiger charge is 2.74. The lowest BCUT2D eigenvalue weighted by Gasteiger charge is -2.46. The predicted molar refractivity (Wildman–Crippen MR) is 93.1 cm³/mol. The summed E-state index contributed by atoms with van der Waals surface area (Å²) in [5.74, 6) is -4.09. The van der Waals surface area contributed by atoms with Crippen LogP contribution in [0.2, 0.25) is 0 Å². The number of carbonyl (C=O) groups excluding carboxylic acids is 3. The molecule has 5 rings (SSSR count). The normalized spacial score (nSPS) is 37.0. The van der Waals surface area contributed by atoms with E-state index in [0.29, 0.717) is 10.6 Å². The fraction of sp³-hybridized carbons (Fsp3) is 0.556. The Bertz CT molecular complexity index is 849. The minimum absolute atomic E-state index is 0.0662. The summed E-state index contributed by atoms with van der Waals surface area (Å²) in [6, 6.07) is 0. The second-order valence-electron chi connectivity index (χ2n) is 6.79. The third kappa shape index (κ3) is 2.29. The summed E-state index contributed by atoms with van der Waals surface area (Å²) in [5.41, 5.74) is -0.945. The number of oxime groups is 1. The lowest BCUT2D eigenvalue weighted by atomic mass is 9.60. The molecular formula is C18H18ClNO8. The number of hydrogen-bond donors (Lipinski definition) is 0. The van der Waals surface area contributed by atoms with Crippen LogP contribution in [0.1, 0.15) is 6.92 Å². The van der Waals surface area contributed by atoms with E-state index in [0.717, 1.165) is 0 Å². The van der Waals surface area contributed by atoms with Crippen LogP contribution >= 0.6 is 11.6 Å². The first-order valence-electron chi connectivity index (χ1n) is 8.74. The van der Waals surface area contributed by atoms with Gasteiger partial charge in [-0.15, -0.1) is 0 Å². The van der Waals surface area contributed by atoms with E-state index in [2.05, 4.69) is 5.16 Å². The Kier molecular flexibility index (Phi) is 4.46. The van der Waals surface area contributed by atoms with Gasteiger partial charge in [0, 0.05) is 16.5 Å². The van der Waals surface area contributed by atoms with Crippen molar-refractivity contribution in [2.45, 2.75) is 24.7 Å². The fourth-order valence-corrected chi connectivity index (χ4v) is 4.90. The van der Waals surface area contributed by atoms with Crippen LogP contribution in [0.15, 0.2) is 27.9 Å². The Morgan fingerprint density at radius 2 is 1.96 bits per heavy atom. The van der Waals surface area contributed by atoms with Crippen LogP contribution < -0.4 is 0 Å². The van der Waals surface area contributed by atoms with Crippen LogP contribution in [0.5, 0.6) is 0 Å². The van der Waals surface area contributed by atoms with E-state index in [1.165, 1.54) is 14.2 Å². The molecule has 0 aromatic heterocycles. The van der Waals surface area contributed by atoms with E-state index in [-0.39, 0.29) is 12.3 Å². The zero-order chi connectivity index (χ0) is 20.2. The zero-order valence-electron chi connectivity index (χ0n) is 15.3. The van der Waals surface area contributed by atoms with Gasteiger partial charge < -0.3 is 23.8 Å². The van der Waals surface area contributed by atoms with Gasteiger partial charge in [-0.3, -0.25) is 0 Å². The van der Waals surface area contributed by atoms with Gasteiger partial charge in [0.15, 0.2) is 17.4 Å². The molecule has 6 atom stereocenters. The molecule has 0 unspecified atom stereocenters. The van der Waals surface area contributed by atoms with Crippen molar-refractivity contribution < 1.29 is 38.2 Å². The number of esters is 3. The van der Waals surface area contributed by atoms with Crippen molar-refractivity contribution in [3.8, 4) is 0 Å². The summed E-state index contributed by atoms with van der Waals surface area (Å²) >= 11 is 6.42. The Hall–Kier alpha value is -2.39. The Labute approximate surface area is 165 Å². The molecule has 3 aliphatic carbocycles. The minimum Gasteiger partial charge on any atom is -0.467 e. The fourth-order valence-electron chi connectivity index (χ4n) is 4.53. The highest BCUT2D eigenvalue weighted by molar-refractivity contribution is 6.38. The second-order valence-corrected chi connectivity index (χ2v) is 7.22. The molecule has 1 spiro atoms. The summed E-state index contributed by atoms with van der Waals surface area (Å²) in [5, 5.41) is 4.30. The van der Waals surface area contributed by atoms with Crippen molar-refractivity contribution in [1.29, 1.82) is 0 Å². The summed E-state index contributed by atoms with van der Waals surface area (Å²) in [7, 11) is 2.42. The molecular weight excluding hydrogens is 394 g/mol. The van der Waals surface area contributed by atoms with Gasteiger partial charge >= 0.3 is 17.9 Å². The van der Waals surface area contributed by atoms with Gasteiger partial charge in [-0.05, 0) is 6.92 Å². The van der Waals surface area contributed by atoms with Crippen LogP contribution in [0.3, 0.4) is 0 Å². The number of ether oxygens (including phenoxy) is 4. The zero-order valence-corrected chi connectivity index (χ0v) is 16.1. The van der Waals surface area contributed by atoms with E-state index >= 15 is 0 Å². The highest BCUT2D eigenvalue weighted by atomic mass is 35.5. The molecule has 28 heavy (non-hydrogen) atoms.